The lowest BCUT2D eigenvalue weighted by Gasteiger charge is -2.13. The highest BCUT2D eigenvalue weighted by Gasteiger charge is 2.28. The summed E-state index contributed by atoms with van der Waals surface area (Å²) < 4.78 is 9.10. The molecule has 1 aromatic rings. The average molecular weight is 274 g/mol. The molecule has 0 aliphatic rings. The van der Waals surface area contributed by atoms with Crippen molar-refractivity contribution in [3.8, 4) is 0 Å². The molecule has 0 aromatic carbocycles. The number of aliphatic hydroxyl groups excluding tert-OH is 2. The van der Waals surface area contributed by atoms with E-state index in [1.54, 1.807) is 6.92 Å². The number of thiophene rings is 1. The van der Waals surface area contributed by atoms with E-state index >= 15 is 0 Å². The van der Waals surface area contributed by atoms with Crippen molar-refractivity contribution in [1.82, 2.24) is 0 Å². The minimum Gasteiger partial charge on any atom is -0.467 e. The Morgan fingerprint density at radius 3 is 2.61 bits per heavy atom. The Bertz CT molecular complexity index is 427. The van der Waals surface area contributed by atoms with Gasteiger partial charge in [0.15, 0.2) is 6.10 Å². The van der Waals surface area contributed by atoms with Crippen LogP contribution in [-0.2, 0) is 14.3 Å². The van der Waals surface area contributed by atoms with Gasteiger partial charge in [-0.2, -0.15) is 0 Å². The first kappa shape index (κ1) is 14.6. The summed E-state index contributed by atoms with van der Waals surface area (Å²) in [5.41, 5.74) is 0. The number of rotatable bonds is 5. The number of aliphatic hydroxyl groups is 2. The molecule has 0 radical (unpaired) electrons. The number of esters is 2. The monoisotopic (exact) mass is 274 g/mol. The zero-order valence-electron chi connectivity index (χ0n) is 9.95. The van der Waals surface area contributed by atoms with Gasteiger partial charge in [0.25, 0.3) is 0 Å². The van der Waals surface area contributed by atoms with Crippen LogP contribution in [0.2, 0.25) is 0 Å². The molecule has 0 fully saturated rings. The Labute approximate surface area is 108 Å². The lowest BCUT2D eigenvalue weighted by molar-refractivity contribution is -0.156. The van der Waals surface area contributed by atoms with Crippen LogP contribution in [0.3, 0.4) is 0 Å². The standard InChI is InChI=1S/C11H14O6S/c1-3-17-10(14)7-5-4-6(18-7)8(12)9(13)11(15)16-2/h4-5,8-9,12-13H,3H2,1-2H3. The molecule has 0 saturated carbocycles. The smallest absolute Gasteiger partial charge is 0.348 e. The first-order valence-corrected chi connectivity index (χ1v) is 6.03. The summed E-state index contributed by atoms with van der Waals surface area (Å²) in [5, 5.41) is 19.2. The fraction of sp³-hybridized carbons (Fsp3) is 0.455. The number of hydrogen-bond acceptors (Lipinski definition) is 7. The zero-order chi connectivity index (χ0) is 13.7. The van der Waals surface area contributed by atoms with Gasteiger partial charge in [-0.05, 0) is 19.1 Å². The molecule has 1 aromatic heterocycles. The van der Waals surface area contributed by atoms with Crippen LogP contribution >= 0.6 is 11.3 Å². The van der Waals surface area contributed by atoms with E-state index in [1.165, 1.54) is 12.1 Å². The summed E-state index contributed by atoms with van der Waals surface area (Å²) in [4.78, 5) is 23.0. The lowest BCUT2D eigenvalue weighted by Crippen LogP contribution is -2.28. The third-order valence-corrected chi connectivity index (χ3v) is 3.27. The van der Waals surface area contributed by atoms with Crippen LogP contribution in [0.25, 0.3) is 0 Å². The van der Waals surface area contributed by atoms with Crippen molar-refractivity contribution < 1.29 is 29.3 Å². The molecule has 0 amide bonds. The van der Waals surface area contributed by atoms with Crippen molar-refractivity contribution in [3.63, 3.8) is 0 Å². The van der Waals surface area contributed by atoms with Crippen LogP contribution in [0.15, 0.2) is 12.1 Å². The van der Waals surface area contributed by atoms with Crippen LogP contribution in [0.4, 0.5) is 0 Å². The highest BCUT2D eigenvalue weighted by Crippen LogP contribution is 2.26. The third-order valence-electron chi connectivity index (χ3n) is 2.14. The Hall–Kier alpha value is -1.44. The minimum absolute atomic E-state index is 0.249. The second-order valence-electron chi connectivity index (χ2n) is 3.34. The van der Waals surface area contributed by atoms with Crippen molar-refractivity contribution in [2.75, 3.05) is 13.7 Å². The minimum atomic E-state index is -1.68. The first-order valence-electron chi connectivity index (χ1n) is 5.22. The fourth-order valence-corrected chi connectivity index (χ4v) is 2.15. The molecule has 0 aliphatic heterocycles. The predicted molar refractivity (Wildman–Crippen MR) is 63.3 cm³/mol. The van der Waals surface area contributed by atoms with Crippen LogP contribution in [0, 0.1) is 0 Å². The molecule has 18 heavy (non-hydrogen) atoms. The van der Waals surface area contributed by atoms with E-state index in [9.17, 15) is 19.8 Å². The number of methoxy groups -OCH3 is 1. The van der Waals surface area contributed by atoms with E-state index in [-0.39, 0.29) is 11.5 Å². The average Bonchev–Trinajstić information content (AvgIpc) is 2.86. The molecule has 6 nitrogen and oxygen atoms in total. The van der Waals surface area contributed by atoms with Crippen molar-refractivity contribution in [2.45, 2.75) is 19.1 Å². The van der Waals surface area contributed by atoms with Crippen molar-refractivity contribution >= 4 is 23.3 Å². The Morgan fingerprint density at radius 1 is 1.39 bits per heavy atom. The van der Waals surface area contributed by atoms with Gasteiger partial charge in [0.1, 0.15) is 11.0 Å². The van der Waals surface area contributed by atoms with Gasteiger partial charge in [-0.1, -0.05) is 0 Å². The molecule has 0 saturated heterocycles. The maximum Gasteiger partial charge on any atom is 0.348 e. The number of carbonyl (C=O) groups excluding carboxylic acids is 2. The highest BCUT2D eigenvalue weighted by atomic mass is 32.1. The molecule has 1 rings (SSSR count). The van der Waals surface area contributed by atoms with E-state index in [4.69, 9.17) is 4.74 Å². The van der Waals surface area contributed by atoms with Crippen molar-refractivity contribution in [2.24, 2.45) is 0 Å². The summed E-state index contributed by atoms with van der Waals surface area (Å²) >= 11 is 0.953. The first-order chi connectivity index (χ1) is 8.51. The Kier molecular flexibility index (Phi) is 5.26. The molecule has 0 bridgehead atoms. The lowest BCUT2D eigenvalue weighted by atomic mass is 10.2. The molecule has 0 spiro atoms. The second-order valence-corrected chi connectivity index (χ2v) is 4.45. The topological polar surface area (TPSA) is 93.1 Å². The van der Waals surface area contributed by atoms with Gasteiger partial charge >= 0.3 is 11.9 Å². The van der Waals surface area contributed by atoms with Crippen LogP contribution in [0.1, 0.15) is 27.6 Å². The maximum atomic E-state index is 11.4. The molecule has 100 valence electrons. The van der Waals surface area contributed by atoms with Crippen molar-refractivity contribution in [3.05, 3.63) is 21.9 Å². The second kappa shape index (κ2) is 6.48. The molecule has 0 aliphatic carbocycles. The molecule has 2 atom stereocenters. The van der Waals surface area contributed by atoms with E-state index < -0.39 is 24.1 Å². The highest BCUT2D eigenvalue weighted by molar-refractivity contribution is 7.14. The van der Waals surface area contributed by atoms with Gasteiger partial charge in [0, 0.05) is 4.88 Å². The fourth-order valence-electron chi connectivity index (χ4n) is 1.23. The van der Waals surface area contributed by atoms with E-state index in [0.29, 0.717) is 4.88 Å². The third kappa shape index (κ3) is 3.28. The molecule has 2 N–H and O–H groups in total. The molecule has 2 unspecified atom stereocenters. The van der Waals surface area contributed by atoms with E-state index in [0.717, 1.165) is 18.4 Å². The summed E-state index contributed by atoms with van der Waals surface area (Å²) in [5.74, 6) is -1.44. The van der Waals surface area contributed by atoms with Crippen LogP contribution in [-0.4, -0.2) is 42.0 Å². The van der Waals surface area contributed by atoms with Gasteiger partial charge in [0.2, 0.25) is 0 Å². The van der Waals surface area contributed by atoms with Crippen molar-refractivity contribution in [1.29, 1.82) is 0 Å². The van der Waals surface area contributed by atoms with Crippen LogP contribution in [0.5, 0.6) is 0 Å². The number of carbonyl (C=O) groups is 2. The Morgan fingerprint density at radius 2 is 2.06 bits per heavy atom. The zero-order valence-corrected chi connectivity index (χ0v) is 10.8. The van der Waals surface area contributed by atoms with Gasteiger partial charge < -0.3 is 19.7 Å². The quantitative estimate of drug-likeness (QED) is 0.759. The van der Waals surface area contributed by atoms with Gasteiger partial charge in [-0.3, -0.25) is 0 Å². The van der Waals surface area contributed by atoms with Crippen LogP contribution < -0.4 is 0 Å². The molecular formula is C11H14O6S. The number of ether oxygens (including phenoxy) is 2. The maximum absolute atomic E-state index is 11.4. The molecule has 1 heterocycles. The summed E-state index contributed by atoms with van der Waals surface area (Å²) in [6.07, 6.45) is -3.10. The van der Waals surface area contributed by atoms with Gasteiger partial charge in [-0.15, -0.1) is 11.3 Å². The Balaban J connectivity index is 2.79. The summed E-state index contributed by atoms with van der Waals surface area (Å²) in [6.45, 7) is 1.93. The normalized spacial score (nSPS) is 13.8. The summed E-state index contributed by atoms with van der Waals surface area (Å²) in [7, 11) is 1.11. The SMILES string of the molecule is CCOC(=O)c1ccc(C(O)C(O)C(=O)OC)s1. The van der Waals surface area contributed by atoms with Gasteiger partial charge in [0.05, 0.1) is 13.7 Å². The van der Waals surface area contributed by atoms with E-state index in [2.05, 4.69) is 4.74 Å². The van der Waals surface area contributed by atoms with Gasteiger partial charge in [-0.25, -0.2) is 9.59 Å². The molecule has 7 heteroatoms. The summed E-state index contributed by atoms with van der Waals surface area (Å²) in [6, 6.07) is 2.92. The molecular weight excluding hydrogens is 260 g/mol. The largest absolute Gasteiger partial charge is 0.467 e. The predicted octanol–water partition coefficient (Wildman–Crippen LogP) is 0.492. The number of hydrogen-bond donors (Lipinski definition) is 2. The van der Waals surface area contributed by atoms with E-state index in [1.807, 2.05) is 0 Å².